The summed E-state index contributed by atoms with van der Waals surface area (Å²) in [5.41, 5.74) is 3.52. The maximum absolute atomic E-state index is 5.15. The summed E-state index contributed by atoms with van der Waals surface area (Å²) in [4.78, 5) is 7.72. The molecule has 150 valence electrons. The first-order valence-electron chi connectivity index (χ1n) is 11.4. The largest absolute Gasteiger partial charge is 0.370 e. The lowest BCUT2D eigenvalue weighted by Crippen LogP contribution is -2.63. The van der Waals surface area contributed by atoms with E-state index in [1.807, 2.05) is 0 Å². The third-order valence-corrected chi connectivity index (χ3v) is 7.98. The van der Waals surface area contributed by atoms with Gasteiger partial charge in [-0.3, -0.25) is 9.89 Å². The van der Waals surface area contributed by atoms with Crippen LogP contribution in [0.25, 0.3) is 0 Å². The summed E-state index contributed by atoms with van der Waals surface area (Å²) in [5, 5.41) is 3.89. The molecule has 1 aromatic rings. The van der Waals surface area contributed by atoms with Gasteiger partial charge in [0.15, 0.2) is 0 Å². The van der Waals surface area contributed by atoms with Crippen molar-refractivity contribution in [3.8, 4) is 0 Å². The Labute approximate surface area is 170 Å². The van der Waals surface area contributed by atoms with Crippen LogP contribution in [0.3, 0.4) is 0 Å². The quantitative estimate of drug-likeness (QED) is 0.775. The molecule has 5 unspecified atom stereocenters. The molecule has 0 saturated heterocycles. The summed E-state index contributed by atoms with van der Waals surface area (Å²) in [7, 11) is 2.32. The minimum atomic E-state index is 0.306. The summed E-state index contributed by atoms with van der Waals surface area (Å²) in [6, 6.07) is 9.76. The number of benzene rings is 1. The molecule has 3 heteroatoms. The van der Waals surface area contributed by atoms with E-state index in [0.29, 0.717) is 29.5 Å². The standard InChI is InChI=1S/C25H35N3/c1-18-26-23-21(24(27-18)28(2)17-19-9-4-3-5-10-19)12-8-15-25(23)16-14-20-11-6-7-13-22(20)25/h4,6-7,9,11,13,19,21,23-24H,3,5,8,10,12,14-17H2,1-2H3,(H,26,27). The lowest BCUT2D eigenvalue weighted by molar-refractivity contribution is 0.0636. The van der Waals surface area contributed by atoms with Gasteiger partial charge < -0.3 is 5.32 Å². The van der Waals surface area contributed by atoms with Crippen molar-refractivity contribution in [2.75, 3.05) is 13.6 Å². The number of fused-ring (bicyclic) bond motifs is 4. The lowest BCUT2D eigenvalue weighted by Gasteiger charge is -2.52. The summed E-state index contributed by atoms with van der Waals surface area (Å²) in [6.45, 7) is 3.32. The number of rotatable bonds is 3. The normalized spacial score (nSPS) is 36.8. The molecule has 1 saturated carbocycles. The minimum absolute atomic E-state index is 0.306. The van der Waals surface area contributed by atoms with Gasteiger partial charge >= 0.3 is 0 Å². The first kappa shape index (κ1) is 18.4. The molecule has 3 nitrogen and oxygen atoms in total. The van der Waals surface area contributed by atoms with Crippen molar-refractivity contribution in [1.29, 1.82) is 0 Å². The topological polar surface area (TPSA) is 27.6 Å². The Morgan fingerprint density at radius 2 is 2.07 bits per heavy atom. The number of nitrogens with one attached hydrogen (secondary N) is 1. The summed E-state index contributed by atoms with van der Waals surface area (Å²) in [5.74, 6) is 2.46. The highest BCUT2D eigenvalue weighted by Crippen LogP contribution is 2.52. The molecular formula is C25H35N3. The number of nitrogens with zero attached hydrogens (tertiary/aromatic N) is 2. The Balaban J connectivity index is 1.44. The van der Waals surface area contributed by atoms with Crippen LogP contribution in [0, 0.1) is 11.8 Å². The van der Waals surface area contributed by atoms with Crippen LogP contribution in [0.4, 0.5) is 0 Å². The van der Waals surface area contributed by atoms with Crippen molar-refractivity contribution in [1.82, 2.24) is 10.2 Å². The number of aliphatic imine (C=N–C) groups is 1. The van der Waals surface area contributed by atoms with Crippen molar-refractivity contribution in [3.63, 3.8) is 0 Å². The van der Waals surface area contributed by atoms with E-state index in [1.54, 1.807) is 11.1 Å². The van der Waals surface area contributed by atoms with Gasteiger partial charge in [0.2, 0.25) is 0 Å². The van der Waals surface area contributed by atoms with Gasteiger partial charge in [-0.15, -0.1) is 0 Å². The van der Waals surface area contributed by atoms with Crippen molar-refractivity contribution in [2.45, 2.75) is 75.9 Å². The fourth-order valence-electron chi connectivity index (χ4n) is 6.75. The molecule has 5 atom stereocenters. The van der Waals surface area contributed by atoms with E-state index in [1.165, 1.54) is 51.4 Å². The highest BCUT2D eigenvalue weighted by atomic mass is 15.3. The SMILES string of the molecule is CC1=NC(N(C)CC2C=CCCC2)C2CCCC3(CCc4ccccc43)C2N1. The Kier molecular flexibility index (Phi) is 4.82. The molecule has 1 heterocycles. The summed E-state index contributed by atoms with van der Waals surface area (Å²) < 4.78 is 0. The second kappa shape index (κ2) is 7.33. The number of aryl methyl sites for hydroxylation is 1. The van der Waals surface area contributed by atoms with Gasteiger partial charge in [-0.2, -0.15) is 0 Å². The fourth-order valence-corrected chi connectivity index (χ4v) is 6.75. The Morgan fingerprint density at radius 3 is 2.93 bits per heavy atom. The van der Waals surface area contributed by atoms with E-state index in [-0.39, 0.29) is 0 Å². The Morgan fingerprint density at radius 1 is 1.18 bits per heavy atom. The van der Waals surface area contributed by atoms with Crippen LogP contribution >= 0.6 is 0 Å². The molecule has 1 N–H and O–H groups in total. The van der Waals surface area contributed by atoms with E-state index in [0.717, 1.165) is 12.4 Å². The number of hydrogen-bond acceptors (Lipinski definition) is 3. The van der Waals surface area contributed by atoms with Gasteiger partial charge in [0.1, 0.15) is 6.17 Å². The van der Waals surface area contributed by atoms with Gasteiger partial charge in [-0.25, -0.2) is 0 Å². The first-order valence-corrected chi connectivity index (χ1v) is 11.4. The highest BCUT2D eigenvalue weighted by molar-refractivity contribution is 5.81. The third kappa shape index (κ3) is 3.03. The zero-order chi connectivity index (χ0) is 19.1. The monoisotopic (exact) mass is 377 g/mol. The van der Waals surface area contributed by atoms with Crippen LogP contribution in [-0.2, 0) is 11.8 Å². The van der Waals surface area contributed by atoms with Crippen LogP contribution in [0.5, 0.6) is 0 Å². The molecule has 0 aromatic heterocycles. The maximum atomic E-state index is 5.15. The molecule has 28 heavy (non-hydrogen) atoms. The van der Waals surface area contributed by atoms with E-state index in [9.17, 15) is 0 Å². The zero-order valence-electron chi connectivity index (χ0n) is 17.5. The average molecular weight is 378 g/mol. The molecule has 1 aliphatic heterocycles. The predicted molar refractivity (Wildman–Crippen MR) is 117 cm³/mol. The molecule has 3 aliphatic carbocycles. The zero-order valence-corrected chi connectivity index (χ0v) is 17.5. The summed E-state index contributed by atoms with van der Waals surface area (Å²) in [6.07, 6.45) is 15.6. The van der Waals surface area contributed by atoms with Gasteiger partial charge in [-0.1, -0.05) is 42.8 Å². The molecule has 0 amide bonds. The highest BCUT2D eigenvalue weighted by Gasteiger charge is 2.53. The van der Waals surface area contributed by atoms with Crippen molar-refractivity contribution >= 4 is 5.84 Å². The molecule has 1 fully saturated rings. The second-order valence-electron chi connectivity index (χ2n) is 9.68. The Hall–Kier alpha value is -1.61. The predicted octanol–water partition coefficient (Wildman–Crippen LogP) is 4.68. The van der Waals surface area contributed by atoms with Gasteiger partial charge in [0.05, 0.1) is 5.84 Å². The van der Waals surface area contributed by atoms with Crippen molar-refractivity contribution in [3.05, 3.63) is 47.5 Å². The minimum Gasteiger partial charge on any atom is -0.370 e. The lowest BCUT2D eigenvalue weighted by atomic mass is 9.61. The van der Waals surface area contributed by atoms with Crippen LogP contribution in [0.15, 0.2) is 41.4 Å². The smallest absolute Gasteiger partial charge is 0.108 e. The fraction of sp³-hybridized carbons (Fsp3) is 0.640. The van der Waals surface area contributed by atoms with E-state index in [4.69, 9.17) is 4.99 Å². The van der Waals surface area contributed by atoms with Crippen LogP contribution in [-0.4, -0.2) is 36.5 Å². The molecule has 4 aliphatic rings. The van der Waals surface area contributed by atoms with E-state index >= 15 is 0 Å². The first-order chi connectivity index (χ1) is 13.7. The number of amidine groups is 1. The number of allylic oxidation sites excluding steroid dienone is 1. The van der Waals surface area contributed by atoms with Crippen LogP contribution in [0.1, 0.15) is 63.0 Å². The third-order valence-electron chi connectivity index (χ3n) is 7.98. The van der Waals surface area contributed by atoms with Crippen molar-refractivity contribution < 1.29 is 0 Å². The molecule has 5 rings (SSSR count). The van der Waals surface area contributed by atoms with Crippen molar-refractivity contribution in [2.24, 2.45) is 16.8 Å². The van der Waals surface area contributed by atoms with Gasteiger partial charge in [-0.05, 0) is 76.0 Å². The molecule has 0 bridgehead atoms. The number of hydrogen-bond donors (Lipinski definition) is 1. The van der Waals surface area contributed by atoms with E-state index < -0.39 is 0 Å². The molecule has 0 radical (unpaired) electrons. The molecule has 1 aromatic carbocycles. The second-order valence-corrected chi connectivity index (χ2v) is 9.68. The molecular weight excluding hydrogens is 342 g/mol. The maximum Gasteiger partial charge on any atom is 0.108 e. The van der Waals surface area contributed by atoms with E-state index in [2.05, 4.69) is 60.6 Å². The van der Waals surface area contributed by atoms with Crippen LogP contribution in [0.2, 0.25) is 0 Å². The van der Waals surface area contributed by atoms with Gasteiger partial charge in [0, 0.05) is 23.9 Å². The molecule has 1 spiro atoms. The Bertz CT molecular complexity index is 778. The summed E-state index contributed by atoms with van der Waals surface area (Å²) >= 11 is 0. The average Bonchev–Trinajstić information content (AvgIpc) is 3.08. The van der Waals surface area contributed by atoms with Gasteiger partial charge in [0.25, 0.3) is 0 Å². The van der Waals surface area contributed by atoms with Crippen LogP contribution < -0.4 is 5.32 Å².